The van der Waals surface area contributed by atoms with Crippen molar-refractivity contribution in [3.63, 3.8) is 0 Å². The van der Waals surface area contributed by atoms with Gasteiger partial charge in [0.15, 0.2) is 5.85 Å². The SMILES string of the molecule is CC(=O)OC(C)P(=O)(O)O. The normalized spacial score (nSPS) is 14.4. The lowest BCUT2D eigenvalue weighted by Crippen LogP contribution is -2.11. The highest BCUT2D eigenvalue weighted by atomic mass is 31.2. The van der Waals surface area contributed by atoms with Crippen molar-refractivity contribution in [2.45, 2.75) is 19.7 Å². The van der Waals surface area contributed by atoms with Crippen LogP contribution in [0.2, 0.25) is 0 Å². The summed E-state index contributed by atoms with van der Waals surface area (Å²) < 4.78 is 14.5. The van der Waals surface area contributed by atoms with Crippen LogP contribution in [0.1, 0.15) is 13.8 Å². The molecule has 0 radical (unpaired) electrons. The smallest absolute Gasteiger partial charge is 0.365 e. The molecule has 0 aromatic carbocycles. The molecule has 0 aliphatic rings. The van der Waals surface area contributed by atoms with Crippen molar-refractivity contribution in [2.75, 3.05) is 0 Å². The Kier molecular flexibility index (Phi) is 3.02. The summed E-state index contributed by atoms with van der Waals surface area (Å²) >= 11 is 0. The second kappa shape index (κ2) is 3.14. The maximum absolute atomic E-state index is 10.3. The van der Waals surface area contributed by atoms with E-state index in [1.807, 2.05) is 0 Å². The van der Waals surface area contributed by atoms with Gasteiger partial charge in [-0.15, -0.1) is 0 Å². The summed E-state index contributed by atoms with van der Waals surface area (Å²) in [5, 5.41) is 0. The topological polar surface area (TPSA) is 83.8 Å². The second-order valence-corrected chi connectivity index (χ2v) is 3.70. The van der Waals surface area contributed by atoms with Gasteiger partial charge in [-0.25, -0.2) is 0 Å². The molecule has 5 nitrogen and oxygen atoms in total. The van der Waals surface area contributed by atoms with Crippen LogP contribution in [0.15, 0.2) is 0 Å². The van der Waals surface area contributed by atoms with Crippen LogP contribution in [0.4, 0.5) is 0 Å². The molecule has 1 unspecified atom stereocenters. The minimum absolute atomic E-state index is 0.698. The Hall–Kier alpha value is -0.380. The number of carbonyl (C=O) groups excluding carboxylic acids is 1. The number of rotatable bonds is 2. The van der Waals surface area contributed by atoms with Gasteiger partial charge in [0.05, 0.1) is 0 Å². The molecule has 60 valence electrons. The van der Waals surface area contributed by atoms with Crippen LogP contribution in [-0.4, -0.2) is 21.6 Å². The Morgan fingerprint density at radius 1 is 1.60 bits per heavy atom. The van der Waals surface area contributed by atoms with E-state index in [-0.39, 0.29) is 0 Å². The largest absolute Gasteiger partial charge is 0.450 e. The first-order valence-corrected chi connectivity index (χ1v) is 4.24. The average molecular weight is 168 g/mol. The van der Waals surface area contributed by atoms with Crippen molar-refractivity contribution in [1.82, 2.24) is 0 Å². The zero-order chi connectivity index (χ0) is 8.36. The Bertz CT molecular complexity index is 170. The fourth-order valence-corrected chi connectivity index (χ4v) is 0.595. The van der Waals surface area contributed by atoms with Gasteiger partial charge in [0.25, 0.3) is 0 Å². The van der Waals surface area contributed by atoms with Gasteiger partial charge < -0.3 is 14.5 Å². The van der Waals surface area contributed by atoms with Crippen molar-refractivity contribution in [1.29, 1.82) is 0 Å². The molecule has 0 spiro atoms. The summed E-state index contributed by atoms with van der Waals surface area (Å²) in [6, 6.07) is 0. The van der Waals surface area contributed by atoms with E-state index < -0.39 is 19.4 Å². The molecule has 0 saturated carbocycles. The van der Waals surface area contributed by atoms with E-state index >= 15 is 0 Å². The fourth-order valence-electron chi connectivity index (χ4n) is 0.309. The maximum Gasteiger partial charge on any atom is 0.365 e. The predicted molar refractivity (Wildman–Crippen MR) is 33.3 cm³/mol. The Morgan fingerprint density at radius 3 is 2.10 bits per heavy atom. The van der Waals surface area contributed by atoms with Crippen molar-refractivity contribution in [3.05, 3.63) is 0 Å². The quantitative estimate of drug-likeness (QED) is 0.450. The lowest BCUT2D eigenvalue weighted by Gasteiger charge is -2.12. The molecule has 0 saturated heterocycles. The summed E-state index contributed by atoms with van der Waals surface area (Å²) in [7, 11) is -4.25. The lowest BCUT2D eigenvalue weighted by molar-refractivity contribution is -0.142. The number of hydrogen-bond acceptors (Lipinski definition) is 3. The Balaban J connectivity index is 3.98. The Labute approximate surface area is 58.2 Å². The summed E-state index contributed by atoms with van der Waals surface area (Å²) in [6.07, 6.45) is 0. The second-order valence-electron chi connectivity index (χ2n) is 1.80. The number of carbonyl (C=O) groups is 1. The molecule has 0 bridgehead atoms. The summed E-state index contributed by atoms with van der Waals surface area (Å²) in [4.78, 5) is 26.9. The molecule has 0 aromatic heterocycles. The van der Waals surface area contributed by atoms with Crippen LogP contribution in [-0.2, 0) is 14.1 Å². The third-order valence-corrected chi connectivity index (χ3v) is 1.86. The third kappa shape index (κ3) is 3.61. The van der Waals surface area contributed by atoms with Gasteiger partial charge in [-0.2, -0.15) is 0 Å². The summed E-state index contributed by atoms with van der Waals surface area (Å²) in [6.45, 7) is 2.23. The van der Waals surface area contributed by atoms with Crippen LogP contribution < -0.4 is 0 Å². The maximum atomic E-state index is 10.3. The zero-order valence-corrected chi connectivity index (χ0v) is 6.54. The van der Waals surface area contributed by atoms with Gasteiger partial charge in [-0.05, 0) is 6.92 Å². The van der Waals surface area contributed by atoms with Gasteiger partial charge >= 0.3 is 13.6 Å². The first kappa shape index (κ1) is 9.62. The molecular weight excluding hydrogens is 159 g/mol. The highest BCUT2D eigenvalue weighted by Crippen LogP contribution is 2.41. The van der Waals surface area contributed by atoms with E-state index in [9.17, 15) is 9.36 Å². The van der Waals surface area contributed by atoms with Gasteiger partial charge in [0.2, 0.25) is 0 Å². The molecule has 2 N–H and O–H groups in total. The molecule has 10 heavy (non-hydrogen) atoms. The number of ether oxygens (including phenoxy) is 1. The van der Waals surface area contributed by atoms with Crippen molar-refractivity contribution < 1.29 is 23.9 Å². The third-order valence-electron chi connectivity index (χ3n) is 0.810. The van der Waals surface area contributed by atoms with Crippen molar-refractivity contribution in [3.8, 4) is 0 Å². The van der Waals surface area contributed by atoms with Crippen molar-refractivity contribution in [2.24, 2.45) is 0 Å². The Morgan fingerprint density at radius 2 is 2.00 bits per heavy atom. The van der Waals surface area contributed by atoms with E-state index in [1.54, 1.807) is 0 Å². The van der Waals surface area contributed by atoms with E-state index in [2.05, 4.69) is 4.74 Å². The fraction of sp³-hybridized carbons (Fsp3) is 0.750. The lowest BCUT2D eigenvalue weighted by atomic mass is 10.8. The van der Waals surface area contributed by atoms with E-state index in [0.29, 0.717) is 0 Å². The molecule has 0 aliphatic heterocycles. The molecule has 6 heteroatoms. The first-order valence-electron chi connectivity index (χ1n) is 2.56. The highest BCUT2D eigenvalue weighted by Gasteiger charge is 2.26. The van der Waals surface area contributed by atoms with E-state index in [4.69, 9.17) is 9.79 Å². The van der Waals surface area contributed by atoms with Gasteiger partial charge in [-0.3, -0.25) is 9.36 Å². The minimum atomic E-state index is -4.25. The van der Waals surface area contributed by atoms with Gasteiger partial charge in [-0.1, -0.05) is 0 Å². The average Bonchev–Trinajstić information content (AvgIpc) is 1.60. The van der Waals surface area contributed by atoms with Crippen LogP contribution in [0, 0.1) is 0 Å². The van der Waals surface area contributed by atoms with Crippen LogP contribution in [0.3, 0.4) is 0 Å². The highest BCUT2D eigenvalue weighted by molar-refractivity contribution is 7.52. The summed E-state index contributed by atoms with van der Waals surface area (Å²) in [5.74, 6) is -2.04. The minimum Gasteiger partial charge on any atom is -0.450 e. The predicted octanol–water partition coefficient (Wildman–Crippen LogP) is 0.0732. The van der Waals surface area contributed by atoms with Crippen LogP contribution >= 0.6 is 7.60 Å². The molecule has 0 aliphatic carbocycles. The molecule has 0 aromatic rings. The van der Waals surface area contributed by atoms with Crippen molar-refractivity contribution >= 4 is 13.6 Å². The molecule has 0 rings (SSSR count). The molecule has 0 amide bonds. The van der Waals surface area contributed by atoms with Gasteiger partial charge in [0, 0.05) is 6.92 Å². The molecular formula is C4H9O5P. The number of esters is 1. The molecule has 0 heterocycles. The van der Waals surface area contributed by atoms with Crippen LogP contribution in [0.5, 0.6) is 0 Å². The zero-order valence-electron chi connectivity index (χ0n) is 5.64. The van der Waals surface area contributed by atoms with E-state index in [0.717, 1.165) is 13.8 Å². The molecule has 1 atom stereocenters. The monoisotopic (exact) mass is 168 g/mol. The standard InChI is InChI=1S/C4H9O5P/c1-3(5)9-4(2)10(6,7)8/h4H,1-2H3,(H2,6,7,8). The van der Waals surface area contributed by atoms with Crippen LogP contribution in [0.25, 0.3) is 0 Å². The summed E-state index contributed by atoms with van der Waals surface area (Å²) in [5.41, 5.74) is 0. The number of hydrogen-bond donors (Lipinski definition) is 2. The van der Waals surface area contributed by atoms with Gasteiger partial charge in [0.1, 0.15) is 0 Å². The molecule has 0 fully saturated rings. The first-order chi connectivity index (χ1) is 4.34. The van der Waals surface area contributed by atoms with E-state index in [1.165, 1.54) is 0 Å².